The molecule has 0 spiro atoms. The van der Waals surface area contributed by atoms with Crippen molar-refractivity contribution in [3.8, 4) is 12.1 Å². The highest BCUT2D eigenvalue weighted by Gasteiger charge is 1.99. The maximum absolute atomic E-state index is 8.30. The Bertz CT molecular complexity index is 196. The number of nitrogens with zero attached hydrogens (tertiary/aromatic N) is 4. The smallest absolute Gasteiger partial charge is 0.0809 e. The lowest BCUT2D eigenvalue weighted by atomic mass is 10.3. The average molecular weight is 164 g/mol. The summed E-state index contributed by atoms with van der Waals surface area (Å²) in [7, 11) is 0. The first kappa shape index (κ1) is 10.6. The Morgan fingerprint density at radius 2 is 1.33 bits per heavy atom. The lowest BCUT2D eigenvalue weighted by Gasteiger charge is -2.00. The summed E-state index contributed by atoms with van der Waals surface area (Å²) in [4.78, 5) is 0. The van der Waals surface area contributed by atoms with Gasteiger partial charge in [0, 0.05) is 0 Å². The SMILES string of the molecule is CC(CC#N)/N=N/C(C)CC#N. The van der Waals surface area contributed by atoms with Crippen LogP contribution in [0, 0.1) is 22.7 Å². The van der Waals surface area contributed by atoms with Gasteiger partial charge in [0.2, 0.25) is 0 Å². The van der Waals surface area contributed by atoms with Crippen molar-refractivity contribution < 1.29 is 0 Å². The van der Waals surface area contributed by atoms with Crippen LogP contribution in [0.25, 0.3) is 0 Å². The number of hydrogen-bond donors (Lipinski definition) is 0. The monoisotopic (exact) mass is 164 g/mol. The summed E-state index contributed by atoms with van der Waals surface area (Å²) in [5.74, 6) is 0. The van der Waals surface area contributed by atoms with Crippen LogP contribution < -0.4 is 0 Å². The predicted molar refractivity (Wildman–Crippen MR) is 44.2 cm³/mol. The minimum Gasteiger partial charge on any atom is -0.198 e. The molecule has 0 fully saturated rings. The van der Waals surface area contributed by atoms with Crippen LogP contribution in [-0.4, -0.2) is 12.1 Å². The van der Waals surface area contributed by atoms with E-state index in [2.05, 4.69) is 10.2 Å². The quantitative estimate of drug-likeness (QED) is 0.596. The standard InChI is InChI=1S/C8H12N4/c1-7(3-5-9)11-12-8(2)4-6-10/h7-8H,3-4H2,1-2H3/b12-11+. The predicted octanol–water partition coefficient (Wildman–Crippen LogP) is 2.04. The molecule has 0 aliphatic rings. The molecule has 0 saturated carbocycles. The topological polar surface area (TPSA) is 72.3 Å². The molecule has 0 saturated heterocycles. The van der Waals surface area contributed by atoms with Gasteiger partial charge in [-0.3, -0.25) is 0 Å². The Balaban J connectivity index is 3.75. The molecule has 64 valence electrons. The number of azo groups is 1. The van der Waals surface area contributed by atoms with Gasteiger partial charge in [0.05, 0.1) is 37.1 Å². The molecule has 0 rings (SSSR count). The summed E-state index contributed by atoms with van der Waals surface area (Å²) in [6, 6.07) is 3.89. The second kappa shape index (κ2) is 6.30. The lowest BCUT2D eigenvalue weighted by Crippen LogP contribution is -1.99. The Morgan fingerprint density at radius 3 is 1.58 bits per heavy atom. The van der Waals surface area contributed by atoms with Crippen molar-refractivity contribution in [3.05, 3.63) is 0 Å². The van der Waals surface area contributed by atoms with E-state index in [9.17, 15) is 0 Å². The first-order chi connectivity index (χ1) is 5.70. The van der Waals surface area contributed by atoms with E-state index in [1.807, 2.05) is 26.0 Å². The fraction of sp³-hybridized carbons (Fsp3) is 0.750. The van der Waals surface area contributed by atoms with Crippen molar-refractivity contribution in [2.45, 2.75) is 38.8 Å². The van der Waals surface area contributed by atoms with Gasteiger partial charge < -0.3 is 0 Å². The average Bonchev–Trinajstić information content (AvgIpc) is 2.02. The molecule has 2 atom stereocenters. The van der Waals surface area contributed by atoms with Gasteiger partial charge in [-0.2, -0.15) is 20.8 Å². The summed E-state index contributed by atoms with van der Waals surface area (Å²) < 4.78 is 0. The van der Waals surface area contributed by atoms with Gasteiger partial charge >= 0.3 is 0 Å². The van der Waals surface area contributed by atoms with Crippen molar-refractivity contribution >= 4 is 0 Å². The molecular formula is C8H12N4. The zero-order valence-corrected chi connectivity index (χ0v) is 7.36. The second-order valence-corrected chi connectivity index (χ2v) is 2.65. The third kappa shape index (κ3) is 5.37. The van der Waals surface area contributed by atoms with Gasteiger partial charge in [-0.1, -0.05) is 0 Å². The summed E-state index contributed by atoms with van der Waals surface area (Å²) in [5.41, 5.74) is 0. The van der Waals surface area contributed by atoms with Crippen LogP contribution in [0.4, 0.5) is 0 Å². The molecule has 12 heavy (non-hydrogen) atoms. The largest absolute Gasteiger partial charge is 0.198 e. The van der Waals surface area contributed by atoms with Crippen LogP contribution in [0.15, 0.2) is 10.2 Å². The van der Waals surface area contributed by atoms with Crippen molar-refractivity contribution in [1.82, 2.24) is 0 Å². The van der Waals surface area contributed by atoms with Crippen LogP contribution in [0.3, 0.4) is 0 Å². The summed E-state index contributed by atoms with van der Waals surface area (Å²) in [6.07, 6.45) is 0.756. The number of nitriles is 2. The molecule has 0 aromatic heterocycles. The minimum absolute atomic E-state index is 0.0591. The molecule has 0 aromatic rings. The van der Waals surface area contributed by atoms with Crippen LogP contribution in [0.5, 0.6) is 0 Å². The second-order valence-electron chi connectivity index (χ2n) is 2.65. The van der Waals surface area contributed by atoms with E-state index in [1.54, 1.807) is 0 Å². The van der Waals surface area contributed by atoms with Crippen molar-refractivity contribution in [2.24, 2.45) is 10.2 Å². The lowest BCUT2D eigenvalue weighted by molar-refractivity contribution is 0.631. The molecule has 0 bridgehead atoms. The van der Waals surface area contributed by atoms with Crippen LogP contribution in [0.2, 0.25) is 0 Å². The van der Waals surface area contributed by atoms with Crippen molar-refractivity contribution in [2.75, 3.05) is 0 Å². The molecule has 2 unspecified atom stereocenters. The highest BCUT2D eigenvalue weighted by atomic mass is 15.1. The first-order valence-corrected chi connectivity index (χ1v) is 3.84. The van der Waals surface area contributed by atoms with E-state index >= 15 is 0 Å². The van der Waals surface area contributed by atoms with Crippen molar-refractivity contribution in [1.29, 1.82) is 10.5 Å². The maximum Gasteiger partial charge on any atom is 0.0809 e. The van der Waals surface area contributed by atoms with E-state index in [4.69, 9.17) is 10.5 Å². The van der Waals surface area contributed by atoms with Gasteiger partial charge in [-0.25, -0.2) is 0 Å². The van der Waals surface area contributed by atoms with Gasteiger partial charge in [0.1, 0.15) is 0 Å². The highest BCUT2D eigenvalue weighted by Crippen LogP contribution is 2.01. The molecular weight excluding hydrogens is 152 g/mol. The maximum atomic E-state index is 8.30. The summed E-state index contributed by atoms with van der Waals surface area (Å²) in [5, 5.41) is 24.4. The van der Waals surface area contributed by atoms with Crippen LogP contribution >= 0.6 is 0 Å². The minimum atomic E-state index is -0.0591. The molecule has 0 radical (unpaired) electrons. The van der Waals surface area contributed by atoms with E-state index in [0.29, 0.717) is 12.8 Å². The summed E-state index contributed by atoms with van der Waals surface area (Å²) in [6.45, 7) is 3.65. The Labute approximate surface area is 72.5 Å². The Morgan fingerprint density at radius 1 is 1.00 bits per heavy atom. The van der Waals surface area contributed by atoms with E-state index < -0.39 is 0 Å². The molecule has 0 heterocycles. The number of hydrogen-bond acceptors (Lipinski definition) is 4. The fourth-order valence-corrected chi connectivity index (χ4v) is 0.573. The highest BCUT2D eigenvalue weighted by molar-refractivity contribution is 4.79. The first-order valence-electron chi connectivity index (χ1n) is 3.84. The third-order valence-corrected chi connectivity index (χ3v) is 1.23. The Kier molecular flexibility index (Phi) is 5.55. The third-order valence-electron chi connectivity index (χ3n) is 1.23. The molecule has 0 aliphatic carbocycles. The molecule has 0 aromatic carbocycles. The van der Waals surface area contributed by atoms with Crippen LogP contribution in [0.1, 0.15) is 26.7 Å². The molecule has 0 N–H and O–H groups in total. The fourth-order valence-electron chi connectivity index (χ4n) is 0.573. The molecule has 4 nitrogen and oxygen atoms in total. The van der Waals surface area contributed by atoms with Crippen LogP contribution in [-0.2, 0) is 0 Å². The van der Waals surface area contributed by atoms with E-state index in [1.165, 1.54) is 0 Å². The van der Waals surface area contributed by atoms with Gasteiger partial charge in [0.15, 0.2) is 0 Å². The normalized spacial score (nSPS) is 15.0. The zero-order valence-electron chi connectivity index (χ0n) is 7.36. The van der Waals surface area contributed by atoms with E-state index in [0.717, 1.165) is 0 Å². The number of rotatable bonds is 4. The van der Waals surface area contributed by atoms with Gasteiger partial charge in [0.25, 0.3) is 0 Å². The van der Waals surface area contributed by atoms with E-state index in [-0.39, 0.29) is 12.1 Å². The molecule has 0 aliphatic heterocycles. The van der Waals surface area contributed by atoms with Gasteiger partial charge in [-0.05, 0) is 13.8 Å². The molecule has 0 amide bonds. The molecule has 4 heteroatoms. The summed E-state index contributed by atoms with van der Waals surface area (Å²) >= 11 is 0. The van der Waals surface area contributed by atoms with Crippen molar-refractivity contribution in [3.63, 3.8) is 0 Å². The zero-order chi connectivity index (χ0) is 9.40. The van der Waals surface area contributed by atoms with Gasteiger partial charge in [-0.15, -0.1) is 0 Å². The Hall–Kier alpha value is -1.42.